The number of nitrogens with zero attached hydrogens (tertiary/aromatic N) is 1. The number of nitrogens with two attached hydrogens (primary N) is 1. The van der Waals surface area contributed by atoms with Crippen molar-refractivity contribution in [2.75, 3.05) is 37.7 Å². The largest absolute Gasteiger partial charge is 0.330 e. The highest BCUT2D eigenvalue weighted by molar-refractivity contribution is 7.85. The molecule has 3 nitrogen and oxygen atoms in total. The van der Waals surface area contributed by atoms with Crippen molar-refractivity contribution in [2.24, 2.45) is 5.73 Å². The molecule has 1 fully saturated rings. The lowest BCUT2D eigenvalue weighted by atomic mass is 9.99. The predicted octanol–water partition coefficient (Wildman–Crippen LogP) is 0.793. The Balaban J connectivity index is 1.94. The molecule has 0 radical (unpaired) electrons. The first-order chi connectivity index (χ1) is 8.29. The van der Waals surface area contributed by atoms with E-state index in [1.807, 2.05) is 6.07 Å². The number of rotatable bonds is 4. The second-order valence-electron chi connectivity index (χ2n) is 4.49. The van der Waals surface area contributed by atoms with E-state index in [-0.39, 0.29) is 0 Å². The highest BCUT2D eigenvalue weighted by Gasteiger charge is 2.19. The summed E-state index contributed by atoms with van der Waals surface area (Å²) in [6, 6.07) is 10.4. The van der Waals surface area contributed by atoms with E-state index in [1.165, 1.54) is 5.56 Å². The molecule has 1 heterocycles. The van der Waals surface area contributed by atoms with Gasteiger partial charge in [0.2, 0.25) is 0 Å². The molecule has 2 rings (SSSR count). The monoisotopic (exact) mass is 252 g/mol. The molecular formula is C13H20N2OS. The summed E-state index contributed by atoms with van der Waals surface area (Å²) in [5, 5.41) is 0. The summed E-state index contributed by atoms with van der Waals surface area (Å²) >= 11 is 0. The summed E-state index contributed by atoms with van der Waals surface area (Å²) in [6.07, 6.45) is 0. The fourth-order valence-corrected chi connectivity index (χ4v) is 3.34. The lowest BCUT2D eigenvalue weighted by Crippen LogP contribution is -2.41. The highest BCUT2D eigenvalue weighted by Crippen LogP contribution is 2.16. The predicted molar refractivity (Wildman–Crippen MR) is 72.6 cm³/mol. The van der Waals surface area contributed by atoms with Crippen LogP contribution < -0.4 is 5.73 Å². The van der Waals surface area contributed by atoms with Crippen LogP contribution in [0.25, 0.3) is 0 Å². The van der Waals surface area contributed by atoms with Crippen LogP contribution in [0.5, 0.6) is 0 Å². The quantitative estimate of drug-likeness (QED) is 0.862. The van der Waals surface area contributed by atoms with E-state index >= 15 is 0 Å². The fraction of sp³-hybridized carbons (Fsp3) is 0.538. The molecule has 0 spiro atoms. The highest BCUT2D eigenvalue weighted by atomic mass is 32.2. The Hall–Kier alpha value is -0.710. The molecular weight excluding hydrogens is 232 g/mol. The van der Waals surface area contributed by atoms with Crippen molar-refractivity contribution < 1.29 is 4.21 Å². The molecule has 1 saturated heterocycles. The SMILES string of the molecule is NCC(CN1CCS(=O)CC1)c1ccccc1. The molecule has 0 aliphatic carbocycles. The van der Waals surface area contributed by atoms with Crippen LogP contribution in [0.3, 0.4) is 0 Å². The Morgan fingerprint density at radius 3 is 2.47 bits per heavy atom. The summed E-state index contributed by atoms with van der Waals surface area (Å²) < 4.78 is 11.3. The van der Waals surface area contributed by atoms with Gasteiger partial charge in [0.25, 0.3) is 0 Å². The average molecular weight is 252 g/mol. The molecule has 1 aliphatic rings. The molecule has 1 atom stereocenters. The topological polar surface area (TPSA) is 46.3 Å². The first kappa shape index (κ1) is 12.7. The zero-order chi connectivity index (χ0) is 12.1. The standard InChI is InChI=1S/C13H20N2OS/c14-10-13(12-4-2-1-3-5-12)11-15-6-8-17(16)9-7-15/h1-5,13H,6-11,14H2. The molecule has 17 heavy (non-hydrogen) atoms. The second-order valence-corrected chi connectivity index (χ2v) is 6.19. The van der Waals surface area contributed by atoms with Gasteiger partial charge < -0.3 is 10.6 Å². The first-order valence-electron chi connectivity index (χ1n) is 6.12. The van der Waals surface area contributed by atoms with E-state index in [0.717, 1.165) is 31.1 Å². The van der Waals surface area contributed by atoms with Crippen LogP contribution in [-0.4, -0.2) is 46.8 Å². The van der Waals surface area contributed by atoms with Gasteiger partial charge in [-0.15, -0.1) is 0 Å². The number of hydrogen-bond acceptors (Lipinski definition) is 3. The van der Waals surface area contributed by atoms with Gasteiger partial charge in [-0.3, -0.25) is 4.21 Å². The van der Waals surface area contributed by atoms with Crippen LogP contribution in [0, 0.1) is 0 Å². The van der Waals surface area contributed by atoms with Crippen LogP contribution >= 0.6 is 0 Å². The van der Waals surface area contributed by atoms with Crippen LogP contribution in [0.2, 0.25) is 0 Å². The Morgan fingerprint density at radius 2 is 1.88 bits per heavy atom. The summed E-state index contributed by atoms with van der Waals surface area (Å²) in [5.41, 5.74) is 7.17. The number of hydrogen-bond donors (Lipinski definition) is 1. The van der Waals surface area contributed by atoms with Crippen molar-refractivity contribution >= 4 is 10.8 Å². The van der Waals surface area contributed by atoms with Crippen LogP contribution in [0.1, 0.15) is 11.5 Å². The molecule has 0 aromatic heterocycles. The van der Waals surface area contributed by atoms with Crippen molar-refractivity contribution in [1.29, 1.82) is 0 Å². The maximum atomic E-state index is 11.3. The first-order valence-corrected chi connectivity index (χ1v) is 7.60. The van der Waals surface area contributed by atoms with E-state index in [1.54, 1.807) is 0 Å². The third-order valence-corrected chi connectivity index (χ3v) is 4.58. The molecule has 0 bridgehead atoms. The minimum absolute atomic E-state index is 0.391. The molecule has 1 aliphatic heterocycles. The lowest BCUT2D eigenvalue weighted by molar-refractivity contribution is 0.280. The van der Waals surface area contributed by atoms with Gasteiger partial charge in [0.1, 0.15) is 0 Å². The molecule has 2 N–H and O–H groups in total. The van der Waals surface area contributed by atoms with Gasteiger partial charge in [0, 0.05) is 54.4 Å². The van der Waals surface area contributed by atoms with Crippen LogP contribution in [0.4, 0.5) is 0 Å². The van der Waals surface area contributed by atoms with Crippen LogP contribution in [0.15, 0.2) is 30.3 Å². The smallest absolute Gasteiger partial charge is 0.0363 e. The van der Waals surface area contributed by atoms with Gasteiger partial charge in [0.15, 0.2) is 0 Å². The van der Waals surface area contributed by atoms with Crippen molar-refractivity contribution in [3.05, 3.63) is 35.9 Å². The third kappa shape index (κ3) is 3.63. The maximum Gasteiger partial charge on any atom is 0.0363 e. The van der Waals surface area contributed by atoms with Gasteiger partial charge >= 0.3 is 0 Å². The van der Waals surface area contributed by atoms with E-state index < -0.39 is 10.8 Å². The summed E-state index contributed by atoms with van der Waals surface area (Å²) in [4.78, 5) is 2.38. The van der Waals surface area contributed by atoms with Gasteiger partial charge in [-0.25, -0.2) is 0 Å². The van der Waals surface area contributed by atoms with E-state index in [9.17, 15) is 4.21 Å². The Labute approximate surface area is 105 Å². The molecule has 1 aromatic carbocycles. The van der Waals surface area contributed by atoms with E-state index in [0.29, 0.717) is 12.5 Å². The van der Waals surface area contributed by atoms with Crippen molar-refractivity contribution in [2.45, 2.75) is 5.92 Å². The Bertz CT molecular complexity index is 359. The summed E-state index contributed by atoms with van der Waals surface area (Å²) in [6.45, 7) is 3.53. The average Bonchev–Trinajstić information content (AvgIpc) is 2.39. The normalized spacial score (nSPS) is 20.3. The van der Waals surface area contributed by atoms with Crippen molar-refractivity contribution in [3.63, 3.8) is 0 Å². The summed E-state index contributed by atoms with van der Waals surface area (Å²) in [7, 11) is -0.595. The fourth-order valence-electron chi connectivity index (χ4n) is 2.21. The Kier molecular flexibility index (Phi) is 4.71. The van der Waals surface area contributed by atoms with Crippen molar-refractivity contribution in [1.82, 2.24) is 4.90 Å². The third-order valence-electron chi connectivity index (χ3n) is 3.30. The minimum Gasteiger partial charge on any atom is -0.330 e. The molecule has 0 amide bonds. The number of benzene rings is 1. The van der Waals surface area contributed by atoms with E-state index in [2.05, 4.69) is 29.2 Å². The molecule has 4 heteroatoms. The minimum atomic E-state index is -0.595. The zero-order valence-corrected chi connectivity index (χ0v) is 10.9. The molecule has 0 saturated carbocycles. The zero-order valence-electron chi connectivity index (χ0n) is 10.0. The van der Waals surface area contributed by atoms with Gasteiger partial charge in [0.05, 0.1) is 0 Å². The second kappa shape index (κ2) is 6.28. The summed E-state index contributed by atoms with van der Waals surface area (Å²) in [5.74, 6) is 2.01. The van der Waals surface area contributed by atoms with E-state index in [4.69, 9.17) is 5.73 Å². The maximum absolute atomic E-state index is 11.3. The Morgan fingerprint density at radius 1 is 1.24 bits per heavy atom. The molecule has 1 unspecified atom stereocenters. The molecule has 94 valence electrons. The van der Waals surface area contributed by atoms with Crippen molar-refractivity contribution in [3.8, 4) is 0 Å². The molecule has 1 aromatic rings. The van der Waals surface area contributed by atoms with Gasteiger partial charge in [-0.05, 0) is 5.56 Å². The lowest BCUT2D eigenvalue weighted by Gasteiger charge is -2.29. The van der Waals surface area contributed by atoms with Gasteiger partial charge in [-0.2, -0.15) is 0 Å². The van der Waals surface area contributed by atoms with Crippen LogP contribution in [-0.2, 0) is 10.8 Å². The van der Waals surface area contributed by atoms with Gasteiger partial charge in [-0.1, -0.05) is 30.3 Å².